The van der Waals surface area contributed by atoms with Crippen LogP contribution < -0.4 is 0 Å². The summed E-state index contributed by atoms with van der Waals surface area (Å²) in [5, 5.41) is 0. The Labute approximate surface area is 190 Å². The summed E-state index contributed by atoms with van der Waals surface area (Å²) in [5.74, 6) is 2.38. The fourth-order valence-electron chi connectivity index (χ4n) is 4.94. The van der Waals surface area contributed by atoms with Gasteiger partial charge in [0, 0.05) is 35.8 Å². The third kappa shape index (κ3) is 8.01. The van der Waals surface area contributed by atoms with E-state index in [1.54, 1.807) is 0 Å². The minimum atomic E-state index is 0.636. The topological polar surface area (TPSA) is 38.7 Å². The third-order valence-corrected chi connectivity index (χ3v) is 7.05. The number of rotatable bonds is 13. The monoisotopic (exact) mass is 421 g/mol. The van der Waals surface area contributed by atoms with Gasteiger partial charge in [-0.2, -0.15) is 0 Å². The highest BCUT2D eigenvalue weighted by Gasteiger charge is 2.22. The number of hydrogen-bond acceptors (Lipinski definition) is 3. The molecule has 1 fully saturated rings. The molecule has 0 radical (unpaired) electrons. The van der Waals surface area contributed by atoms with Crippen LogP contribution in [-0.4, -0.2) is 15.0 Å². The van der Waals surface area contributed by atoms with Crippen LogP contribution in [0.5, 0.6) is 0 Å². The van der Waals surface area contributed by atoms with E-state index in [0.29, 0.717) is 5.92 Å². The predicted octanol–water partition coefficient (Wildman–Crippen LogP) is 8.30. The SMILES string of the molecule is CCCCCCCCCc1cnc(-c2ccc(C3CCC(CCCC)CC3)nc2)nc1. The van der Waals surface area contributed by atoms with Crippen molar-refractivity contribution in [2.24, 2.45) is 5.92 Å². The van der Waals surface area contributed by atoms with Gasteiger partial charge in [-0.25, -0.2) is 9.97 Å². The number of unbranched alkanes of at least 4 members (excludes halogenated alkanes) is 7. The maximum absolute atomic E-state index is 4.80. The van der Waals surface area contributed by atoms with E-state index in [1.165, 1.54) is 101 Å². The normalized spacial score (nSPS) is 18.9. The van der Waals surface area contributed by atoms with E-state index in [-0.39, 0.29) is 0 Å². The molecule has 0 N–H and O–H groups in total. The molecule has 0 atom stereocenters. The second kappa shape index (κ2) is 13.6. The summed E-state index contributed by atoms with van der Waals surface area (Å²) in [6, 6.07) is 4.37. The Morgan fingerprint density at radius 3 is 2.03 bits per heavy atom. The molecule has 170 valence electrons. The van der Waals surface area contributed by atoms with Crippen molar-refractivity contribution in [1.29, 1.82) is 0 Å². The molecule has 1 aliphatic rings. The molecule has 3 nitrogen and oxygen atoms in total. The molecule has 1 saturated carbocycles. The van der Waals surface area contributed by atoms with Gasteiger partial charge in [-0.05, 0) is 62.1 Å². The number of aryl methyl sites for hydroxylation is 1. The molecule has 0 aliphatic heterocycles. The first-order valence-electron chi connectivity index (χ1n) is 13.1. The lowest BCUT2D eigenvalue weighted by Crippen LogP contribution is -2.14. The summed E-state index contributed by atoms with van der Waals surface area (Å²) in [6.45, 7) is 4.57. The van der Waals surface area contributed by atoms with Crippen LogP contribution >= 0.6 is 0 Å². The second-order valence-electron chi connectivity index (χ2n) is 9.62. The molecule has 2 heterocycles. The number of aromatic nitrogens is 3. The van der Waals surface area contributed by atoms with Gasteiger partial charge in [0.05, 0.1) is 0 Å². The predicted molar refractivity (Wildman–Crippen MR) is 131 cm³/mol. The zero-order valence-corrected chi connectivity index (χ0v) is 20.0. The molecular formula is C28H43N3. The van der Waals surface area contributed by atoms with Crippen LogP contribution in [0.2, 0.25) is 0 Å². The Hall–Kier alpha value is -1.77. The van der Waals surface area contributed by atoms with Gasteiger partial charge in [0.25, 0.3) is 0 Å². The second-order valence-corrected chi connectivity index (χ2v) is 9.62. The van der Waals surface area contributed by atoms with Crippen molar-refractivity contribution in [2.45, 2.75) is 116 Å². The fraction of sp³-hybridized carbons (Fsp3) is 0.679. The number of pyridine rings is 1. The molecule has 0 saturated heterocycles. The highest BCUT2D eigenvalue weighted by Crippen LogP contribution is 2.37. The zero-order valence-electron chi connectivity index (χ0n) is 20.0. The molecule has 3 heteroatoms. The van der Waals surface area contributed by atoms with Crippen molar-refractivity contribution in [2.75, 3.05) is 0 Å². The first kappa shape index (κ1) is 23.9. The summed E-state index contributed by atoms with van der Waals surface area (Å²) in [6.07, 6.45) is 25.9. The third-order valence-electron chi connectivity index (χ3n) is 7.05. The smallest absolute Gasteiger partial charge is 0.160 e. The van der Waals surface area contributed by atoms with Crippen molar-refractivity contribution < 1.29 is 0 Å². The van der Waals surface area contributed by atoms with Gasteiger partial charge in [0.2, 0.25) is 0 Å². The van der Waals surface area contributed by atoms with Crippen molar-refractivity contribution in [3.63, 3.8) is 0 Å². The molecule has 3 rings (SSSR count). The quantitative estimate of drug-likeness (QED) is 0.305. The van der Waals surface area contributed by atoms with E-state index >= 15 is 0 Å². The first-order chi connectivity index (χ1) is 15.3. The molecular weight excluding hydrogens is 378 g/mol. The van der Waals surface area contributed by atoms with E-state index in [0.717, 1.165) is 23.7 Å². The average molecular weight is 422 g/mol. The van der Waals surface area contributed by atoms with Crippen LogP contribution in [0.1, 0.15) is 121 Å². The summed E-state index contributed by atoms with van der Waals surface area (Å²) >= 11 is 0. The minimum absolute atomic E-state index is 0.636. The summed E-state index contributed by atoms with van der Waals surface area (Å²) in [4.78, 5) is 14.0. The van der Waals surface area contributed by atoms with E-state index in [1.807, 2.05) is 18.6 Å². The average Bonchev–Trinajstić information content (AvgIpc) is 2.83. The molecule has 2 aromatic rings. The molecule has 31 heavy (non-hydrogen) atoms. The van der Waals surface area contributed by atoms with Gasteiger partial charge >= 0.3 is 0 Å². The lowest BCUT2D eigenvalue weighted by Gasteiger charge is -2.28. The van der Waals surface area contributed by atoms with Gasteiger partial charge in [-0.15, -0.1) is 0 Å². The molecule has 0 spiro atoms. The van der Waals surface area contributed by atoms with E-state index in [2.05, 4.69) is 35.9 Å². The lowest BCUT2D eigenvalue weighted by atomic mass is 9.78. The summed E-state index contributed by atoms with van der Waals surface area (Å²) in [5.41, 5.74) is 3.54. The van der Waals surface area contributed by atoms with Gasteiger partial charge in [-0.1, -0.05) is 71.6 Å². The Morgan fingerprint density at radius 2 is 1.39 bits per heavy atom. The first-order valence-corrected chi connectivity index (χ1v) is 13.1. The summed E-state index contributed by atoms with van der Waals surface area (Å²) < 4.78 is 0. The van der Waals surface area contributed by atoms with Crippen LogP contribution in [0.25, 0.3) is 11.4 Å². The van der Waals surface area contributed by atoms with Crippen LogP contribution in [0.4, 0.5) is 0 Å². The maximum Gasteiger partial charge on any atom is 0.160 e. The highest BCUT2D eigenvalue weighted by atomic mass is 14.9. The summed E-state index contributed by atoms with van der Waals surface area (Å²) in [7, 11) is 0. The van der Waals surface area contributed by atoms with Crippen LogP contribution in [0.15, 0.2) is 30.7 Å². The Balaban J connectivity index is 1.42. The Kier molecular flexibility index (Phi) is 10.5. The molecule has 2 aromatic heterocycles. The van der Waals surface area contributed by atoms with Gasteiger partial charge < -0.3 is 0 Å². The van der Waals surface area contributed by atoms with Crippen LogP contribution in [0, 0.1) is 5.92 Å². The van der Waals surface area contributed by atoms with E-state index < -0.39 is 0 Å². The van der Waals surface area contributed by atoms with Crippen molar-refractivity contribution in [1.82, 2.24) is 15.0 Å². The number of hydrogen-bond donors (Lipinski definition) is 0. The number of nitrogens with zero attached hydrogens (tertiary/aromatic N) is 3. The maximum atomic E-state index is 4.80. The van der Waals surface area contributed by atoms with Crippen molar-refractivity contribution in [3.8, 4) is 11.4 Å². The zero-order chi connectivity index (χ0) is 21.7. The standard InChI is InChI=1S/C28H43N3/c1-3-5-7-8-9-10-11-13-24-20-30-28(31-21-24)26-18-19-27(29-22-26)25-16-14-23(15-17-25)12-6-4-2/h18-23,25H,3-17H2,1-2H3. The van der Waals surface area contributed by atoms with E-state index in [9.17, 15) is 0 Å². The van der Waals surface area contributed by atoms with Gasteiger partial charge in [0.1, 0.15) is 0 Å². The Morgan fingerprint density at radius 1 is 0.710 bits per heavy atom. The largest absolute Gasteiger partial charge is 0.260 e. The molecule has 0 aromatic carbocycles. The fourth-order valence-corrected chi connectivity index (χ4v) is 4.94. The van der Waals surface area contributed by atoms with Crippen LogP contribution in [-0.2, 0) is 6.42 Å². The molecule has 0 bridgehead atoms. The van der Waals surface area contributed by atoms with E-state index in [4.69, 9.17) is 4.98 Å². The minimum Gasteiger partial charge on any atom is -0.260 e. The van der Waals surface area contributed by atoms with Crippen LogP contribution in [0.3, 0.4) is 0 Å². The molecule has 1 aliphatic carbocycles. The highest BCUT2D eigenvalue weighted by molar-refractivity contribution is 5.53. The molecule has 0 unspecified atom stereocenters. The van der Waals surface area contributed by atoms with Crippen molar-refractivity contribution in [3.05, 3.63) is 42.0 Å². The lowest BCUT2D eigenvalue weighted by molar-refractivity contribution is 0.301. The Bertz CT molecular complexity index is 715. The van der Waals surface area contributed by atoms with Crippen molar-refractivity contribution >= 4 is 0 Å². The van der Waals surface area contributed by atoms with Gasteiger partial charge in [-0.3, -0.25) is 4.98 Å². The molecule has 0 amide bonds. The van der Waals surface area contributed by atoms with Gasteiger partial charge in [0.15, 0.2) is 5.82 Å².